The number of anilines is 1. The van der Waals surface area contributed by atoms with Crippen LogP contribution in [0.5, 0.6) is 5.75 Å². The Morgan fingerprint density at radius 1 is 0.903 bits per heavy atom. The van der Waals surface area contributed by atoms with Crippen LogP contribution < -0.4 is 15.5 Å². The summed E-state index contributed by atoms with van der Waals surface area (Å²) in [6, 6.07) is 21.9. The number of amides is 2. The number of nitrogens with one attached hydrogen (secondary N) is 2. The second kappa shape index (κ2) is 10.4. The molecule has 3 aromatic carbocycles. The van der Waals surface area contributed by atoms with Crippen molar-refractivity contribution in [1.82, 2.24) is 5.43 Å². The lowest BCUT2D eigenvalue weighted by atomic mass is 10.1. The summed E-state index contributed by atoms with van der Waals surface area (Å²) in [5.74, 6) is -0.929. The van der Waals surface area contributed by atoms with Gasteiger partial charge < -0.3 is 10.1 Å². The molecule has 0 bridgehead atoms. The molecule has 0 spiro atoms. The highest BCUT2D eigenvalue weighted by Crippen LogP contribution is 2.16. The van der Waals surface area contributed by atoms with Gasteiger partial charge in [0.25, 0.3) is 0 Å². The molecule has 0 aliphatic heterocycles. The Kier molecular flexibility index (Phi) is 7.40. The Labute approximate surface area is 185 Å². The van der Waals surface area contributed by atoms with Crippen molar-refractivity contribution in [2.45, 2.75) is 20.5 Å². The van der Waals surface area contributed by atoms with E-state index in [2.05, 4.69) is 15.8 Å². The molecule has 0 unspecified atom stereocenters. The lowest BCUT2D eigenvalue weighted by molar-refractivity contribution is -0.136. The van der Waals surface area contributed by atoms with Crippen molar-refractivity contribution < 1.29 is 14.3 Å². The van der Waals surface area contributed by atoms with Crippen molar-refractivity contribution in [3.63, 3.8) is 0 Å². The van der Waals surface area contributed by atoms with Gasteiger partial charge in [-0.3, -0.25) is 9.59 Å². The summed E-state index contributed by atoms with van der Waals surface area (Å²) in [4.78, 5) is 24.0. The van der Waals surface area contributed by atoms with Crippen LogP contribution in [0.4, 0.5) is 5.69 Å². The third-order valence-electron chi connectivity index (χ3n) is 4.43. The highest BCUT2D eigenvalue weighted by atomic mass is 35.5. The fourth-order valence-electron chi connectivity index (χ4n) is 2.61. The van der Waals surface area contributed by atoms with E-state index in [0.717, 1.165) is 16.7 Å². The molecule has 6 nitrogen and oxygen atoms in total. The summed E-state index contributed by atoms with van der Waals surface area (Å²) in [7, 11) is 0. The highest BCUT2D eigenvalue weighted by molar-refractivity contribution is 6.39. The number of halogens is 1. The zero-order chi connectivity index (χ0) is 22.2. The number of hydrogen-bond donors (Lipinski definition) is 2. The Morgan fingerprint density at radius 3 is 2.19 bits per heavy atom. The Morgan fingerprint density at radius 2 is 1.55 bits per heavy atom. The monoisotopic (exact) mass is 435 g/mol. The maximum absolute atomic E-state index is 12.0. The Bertz CT molecular complexity index is 1080. The number of nitrogens with zero attached hydrogens (tertiary/aromatic N) is 1. The van der Waals surface area contributed by atoms with Crippen molar-refractivity contribution in [1.29, 1.82) is 0 Å². The summed E-state index contributed by atoms with van der Waals surface area (Å²) in [6.07, 6.45) is 0. The molecule has 0 atom stereocenters. The van der Waals surface area contributed by atoms with Gasteiger partial charge >= 0.3 is 11.8 Å². The van der Waals surface area contributed by atoms with Gasteiger partial charge in [-0.15, -0.1) is 0 Å². The second-order valence-electron chi connectivity index (χ2n) is 6.90. The fraction of sp³-hybridized carbons (Fsp3) is 0.125. The van der Waals surface area contributed by atoms with Gasteiger partial charge in [-0.25, -0.2) is 5.43 Å². The molecule has 158 valence electrons. The van der Waals surface area contributed by atoms with Gasteiger partial charge in [0.05, 0.1) is 5.71 Å². The molecule has 0 saturated carbocycles. The molecule has 0 fully saturated rings. The van der Waals surface area contributed by atoms with Crippen molar-refractivity contribution >= 4 is 34.8 Å². The van der Waals surface area contributed by atoms with Crippen LogP contribution in [0.25, 0.3) is 0 Å². The van der Waals surface area contributed by atoms with E-state index in [9.17, 15) is 9.59 Å². The van der Waals surface area contributed by atoms with Crippen molar-refractivity contribution in [2.75, 3.05) is 5.32 Å². The molecule has 0 aromatic heterocycles. The Hall–Kier alpha value is -3.64. The number of carbonyl (C=O) groups is 2. The van der Waals surface area contributed by atoms with Crippen LogP contribution >= 0.6 is 11.6 Å². The van der Waals surface area contributed by atoms with E-state index in [0.29, 0.717) is 28.8 Å². The number of hydrogen-bond acceptors (Lipinski definition) is 4. The van der Waals surface area contributed by atoms with Gasteiger partial charge in [0.1, 0.15) is 12.4 Å². The highest BCUT2D eigenvalue weighted by Gasteiger charge is 2.13. The van der Waals surface area contributed by atoms with Gasteiger partial charge in [-0.2, -0.15) is 5.10 Å². The minimum absolute atomic E-state index is 0.426. The van der Waals surface area contributed by atoms with Crippen LogP contribution in [0.15, 0.2) is 77.9 Å². The zero-order valence-corrected chi connectivity index (χ0v) is 17.9. The van der Waals surface area contributed by atoms with Gasteiger partial charge in [0, 0.05) is 10.7 Å². The summed E-state index contributed by atoms with van der Waals surface area (Å²) in [6.45, 7) is 4.10. The predicted molar refractivity (Wildman–Crippen MR) is 122 cm³/mol. The van der Waals surface area contributed by atoms with Crippen LogP contribution in [0.3, 0.4) is 0 Å². The maximum atomic E-state index is 12.0. The molecule has 0 aliphatic rings. The van der Waals surface area contributed by atoms with E-state index in [1.807, 2.05) is 67.6 Å². The van der Waals surface area contributed by atoms with Crippen LogP contribution in [-0.2, 0) is 16.2 Å². The largest absolute Gasteiger partial charge is 0.489 e. The molecule has 0 saturated heterocycles. The fourth-order valence-corrected chi connectivity index (χ4v) is 2.74. The number of rotatable bonds is 6. The van der Waals surface area contributed by atoms with Crippen LogP contribution in [0, 0.1) is 6.92 Å². The van der Waals surface area contributed by atoms with Gasteiger partial charge in [0.2, 0.25) is 0 Å². The average Bonchev–Trinajstić information content (AvgIpc) is 2.78. The van der Waals surface area contributed by atoms with E-state index in [-0.39, 0.29) is 0 Å². The average molecular weight is 436 g/mol. The smallest absolute Gasteiger partial charge is 0.329 e. The first kappa shape index (κ1) is 22.1. The second-order valence-corrected chi connectivity index (χ2v) is 7.33. The molecular weight excluding hydrogens is 414 g/mol. The number of hydrazone groups is 1. The van der Waals surface area contributed by atoms with Crippen LogP contribution in [0.2, 0.25) is 5.02 Å². The van der Waals surface area contributed by atoms with E-state index in [1.165, 1.54) is 0 Å². The van der Waals surface area contributed by atoms with E-state index >= 15 is 0 Å². The number of carbonyl (C=O) groups excluding carboxylic acids is 2. The molecule has 7 heteroatoms. The molecule has 0 radical (unpaired) electrons. The quantitative estimate of drug-likeness (QED) is 0.334. The molecule has 2 amide bonds. The third kappa shape index (κ3) is 6.69. The molecule has 3 aromatic rings. The van der Waals surface area contributed by atoms with Crippen molar-refractivity contribution in [3.05, 3.63) is 94.5 Å². The minimum atomic E-state index is -0.845. The lowest BCUT2D eigenvalue weighted by Crippen LogP contribution is -2.32. The molecule has 31 heavy (non-hydrogen) atoms. The maximum Gasteiger partial charge on any atom is 0.329 e. The molecule has 3 rings (SSSR count). The molecular formula is C24H22ClN3O3. The van der Waals surface area contributed by atoms with E-state index in [1.54, 1.807) is 19.1 Å². The van der Waals surface area contributed by atoms with Crippen LogP contribution in [-0.4, -0.2) is 17.5 Å². The Balaban J connectivity index is 1.52. The SMILES string of the molecule is C/C(=N\NC(=O)C(=O)Nc1ccc(C)cc1)c1ccc(OCc2ccc(Cl)cc2)cc1. The summed E-state index contributed by atoms with van der Waals surface area (Å²) in [5.41, 5.74) is 6.23. The number of aryl methyl sites for hydroxylation is 1. The first-order valence-electron chi connectivity index (χ1n) is 9.60. The number of benzene rings is 3. The third-order valence-corrected chi connectivity index (χ3v) is 4.68. The zero-order valence-electron chi connectivity index (χ0n) is 17.2. The molecule has 0 aliphatic carbocycles. The topological polar surface area (TPSA) is 79.8 Å². The summed E-state index contributed by atoms with van der Waals surface area (Å²) in [5, 5.41) is 7.21. The van der Waals surface area contributed by atoms with E-state index < -0.39 is 11.8 Å². The first-order chi connectivity index (χ1) is 14.9. The first-order valence-corrected chi connectivity index (χ1v) is 9.98. The minimum Gasteiger partial charge on any atom is -0.489 e. The van der Waals surface area contributed by atoms with Crippen molar-refractivity contribution in [3.8, 4) is 5.75 Å². The normalized spacial score (nSPS) is 11.0. The lowest BCUT2D eigenvalue weighted by Gasteiger charge is -2.08. The summed E-state index contributed by atoms with van der Waals surface area (Å²) >= 11 is 5.88. The number of ether oxygens (including phenoxy) is 1. The predicted octanol–water partition coefficient (Wildman–Crippen LogP) is 4.71. The van der Waals surface area contributed by atoms with Gasteiger partial charge in [-0.05, 0) is 73.5 Å². The van der Waals surface area contributed by atoms with Gasteiger partial charge in [0.15, 0.2) is 0 Å². The summed E-state index contributed by atoms with van der Waals surface area (Å²) < 4.78 is 5.75. The molecule has 0 heterocycles. The van der Waals surface area contributed by atoms with E-state index in [4.69, 9.17) is 16.3 Å². The van der Waals surface area contributed by atoms with Crippen LogP contribution in [0.1, 0.15) is 23.6 Å². The molecule has 2 N–H and O–H groups in total. The van der Waals surface area contributed by atoms with Gasteiger partial charge in [-0.1, -0.05) is 41.4 Å². The standard InChI is InChI=1S/C24H22ClN3O3/c1-16-3-11-21(12-4-16)26-23(29)24(30)28-27-17(2)19-7-13-22(14-8-19)31-15-18-5-9-20(25)10-6-18/h3-14H,15H2,1-2H3,(H,26,29)(H,28,30)/b27-17+. The van der Waals surface area contributed by atoms with Crippen molar-refractivity contribution in [2.24, 2.45) is 5.10 Å².